The molecule has 0 radical (unpaired) electrons. The maximum atomic E-state index is 6.78. The van der Waals surface area contributed by atoms with Gasteiger partial charge in [0.15, 0.2) is 23.0 Å². The highest BCUT2D eigenvalue weighted by Crippen LogP contribution is 2.50. The van der Waals surface area contributed by atoms with Gasteiger partial charge in [-0.15, -0.1) is 0 Å². The third kappa shape index (κ3) is 4.02. The molecule has 5 aromatic rings. The number of fused-ring (bicyclic) bond motifs is 2. The van der Waals surface area contributed by atoms with Gasteiger partial charge in [0.2, 0.25) is 0 Å². The molecule has 182 valence electrons. The van der Waals surface area contributed by atoms with Crippen molar-refractivity contribution >= 4 is 49.1 Å². The normalized spacial score (nSPS) is 11.1. The predicted octanol–water partition coefficient (Wildman–Crippen LogP) is 8.78. The topological polar surface area (TPSA) is 36.9 Å². The van der Waals surface area contributed by atoms with Gasteiger partial charge in [0.1, 0.15) is 0 Å². The molecule has 4 nitrogen and oxygen atoms in total. The Labute approximate surface area is 223 Å². The Hall–Kier alpha value is -3.41. The lowest BCUT2D eigenvalue weighted by Gasteiger charge is -2.21. The smallest absolute Gasteiger partial charge is 0.161 e. The zero-order valence-electron chi connectivity index (χ0n) is 20.3. The molecular formula is C30H24BrClO4. The standard InChI is InChI=1S/C30H24BrClO4/c1-33-25-13-20-22(15-27(25)35-3)30(19-10-5-6-11-24(19)32)23-16-28(36-4)26(34-2)14-21(23)29(20)17-8-7-9-18(31)12-17/h5-16H,1-4H3. The number of hydrogen-bond donors (Lipinski definition) is 0. The molecule has 0 spiro atoms. The van der Waals surface area contributed by atoms with Gasteiger partial charge in [-0.2, -0.15) is 0 Å². The molecule has 0 atom stereocenters. The van der Waals surface area contributed by atoms with Crippen molar-refractivity contribution < 1.29 is 18.9 Å². The molecule has 0 heterocycles. The van der Waals surface area contributed by atoms with Crippen LogP contribution < -0.4 is 18.9 Å². The average Bonchev–Trinajstić information content (AvgIpc) is 2.90. The van der Waals surface area contributed by atoms with Crippen molar-refractivity contribution in [3.8, 4) is 45.3 Å². The van der Waals surface area contributed by atoms with E-state index >= 15 is 0 Å². The first kappa shape index (κ1) is 24.3. The Morgan fingerprint density at radius 1 is 0.556 bits per heavy atom. The molecule has 0 N–H and O–H groups in total. The van der Waals surface area contributed by atoms with Crippen LogP contribution in [0.25, 0.3) is 43.8 Å². The van der Waals surface area contributed by atoms with E-state index in [1.54, 1.807) is 28.4 Å². The highest BCUT2D eigenvalue weighted by molar-refractivity contribution is 9.10. The molecule has 0 aliphatic rings. The van der Waals surface area contributed by atoms with Gasteiger partial charge >= 0.3 is 0 Å². The average molecular weight is 564 g/mol. The molecule has 0 bridgehead atoms. The Morgan fingerprint density at radius 3 is 1.47 bits per heavy atom. The monoisotopic (exact) mass is 562 g/mol. The lowest BCUT2D eigenvalue weighted by atomic mass is 9.85. The fraction of sp³-hybridized carbons (Fsp3) is 0.133. The van der Waals surface area contributed by atoms with Gasteiger partial charge in [0.05, 0.1) is 28.4 Å². The minimum atomic E-state index is 0.637. The summed E-state index contributed by atoms with van der Waals surface area (Å²) >= 11 is 10.4. The number of hydrogen-bond acceptors (Lipinski definition) is 4. The first-order valence-electron chi connectivity index (χ1n) is 11.3. The fourth-order valence-corrected chi connectivity index (χ4v) is 5.41. The van der Waals surface area contributed by atoms with Crippen molar-refractivity contribution in [1.29, 1.82) is 0 Å². The van der Waals surface area contributed by atoms with Crippen LogP contribution in [0.4, 0.5) is 0 Å². The van der Waals surface area contributed by atoms with E-state index < -0.39 is 0 Å². The lowest BCUT2D eigenvalue weighted by Crippen LogP contribution is -1.97. The quantitative estimate of drug-likeness (QED) is 0.194. The summed E-state index contributed by atoms with van der Waals surface area (Å²) in [6, 6.07) is 24.2. The lowest BCUT2D eigenvalue weighted by molar-refractivity contribution is 0.355. The maximum Gasteiger partial charge on any atom is 0.161 e. The van der Waals surface area contributed by atoms with E-state index in [1.165, 1.54) is 0 Å². The minimum Gasteiger partial charge on any atom is -0.493 e. The molecule has 0 aliphatic carbocycles. The van der Waals surface area contributed by atoms with Gasteiger partial charge in [-0.1, -0.05) is 57.9 Å². The highest BCUT2D eigenvalue weighted by Gasteiger charge is 2.22. The van der Waals surface area contributed by atoms with E-state index in [9.17, 15) is 0 Å². The van der Waals surface area contributed by atoms with Gasteiger partial charge in [-0.3, -0.25) is 0 Å². The van der Waals surface area contributed by atoms with Gasteiger partial charge in [0.25, 0.3) is 0 Å². The number of methoxy groups -OCH3 is 4. The van der Waals surface area contributed by atoms with E-state index in [0.29, 0.717) is 28.0 Å². The van der Waals surface area contributed by atoms with Crippen molar-refractivity contribution in [2.75, 3.05) is 28.4 Å². The summed E-state index contributed by atoms with van der Waals surface area (Å²) in [5.41, 5.74) is 3.98. The zero-order valence-corrected chi connectivity index (χ0v) is 22.7. The Kier molecular flexibility index (Phi) is 6.69. The van der Waals surface area contributed by atoms with E-state index in [-0.39, 0.29) is 0 Å². The Balaban J connectivity index is 2.10. The molecule has 0 amide bonds. The molecule has 0 aliphatic heterocycles. The molecule has 0 unspecified atom stereocenters. The van der Waals surface area contributed by atoms with E-state index in [4.69, 9.17) is 30.5 Å². The third-order valence-electron chi connectivity index (χ3n) is 6.38. The van der Waals surface area contributed by atoms with Gasteiger partial charge in [-0.25, -0.2) is 0 Å². The molecule has 5 aromatic carbocycles. The van der Waals surface area contributed by atoms with Crippen LogP contribution in [0.5, 0.6) is 23.0 Å². The number of benzene rings is 5. The second-order valence-corrected chi connectivity index (χ2v) is 9.57. The highest BCUT2D eigenvalue weighted by atomic mass is 79.9. The van der Waals surface area contributed by atoms with Crippen molar-refractivity contribution in [3.05, 3.63) is 82.3 Å². The van der Waals surface area contributed by atoms with E-state index in [0.717, 1.165) is 48.3 Å². The summed E-state index contributed by atoms with van der Waals surface area (Å²) < 4.78 is 23.8. The molecule has 6 heteroatoms. The van der Waals surface area contributed by atoms with Crippen LogP contribution in [0.15, 0.2) is 77.3 Å². The van der Waals surface area contributed by atoms with Crippen molar-refractivity contribution in [3.63, 3.8) is 0 Å². The maximum absolute atomic E-state index is 6.78. The summed E-state index contributed by atoms with van der Waals surface area (Å²) in [4.78, 5) is 0. The van der Waals surface area contributed by atoms with Crippen LogP contribution in [-0.2, 0) is 0 Å². The fourth-order valence-electron chi connectivity index (χ4n) is 4.78. The van der Waals surface area contributed by atoms with Gasteiger partial charge in [-0.05, 0) is 80.7 Å². The molecule has 0 saturated carbocycles. The van der Waals surface area contributed by atoms with Crippen molar-refractivity contribution in [1.82, 2.24) is 0 Å². The predicted molar refractivity (Wildman–Crippen MR) is 151 cm³/mol. The van der Waals surface area contributed by atoms with Gasteiger partial charge in [0, 0.05) is 15.1 Å². The summed E-state index contributed by atoms with van der Waals surface area (Å²) in [6.07, 6.45) is 0. The summed E-state index contributed by atoms with van der Waals surface area (Å²) in [5.74, 6) is 2.56. The molecular weight excluding hydrogens is 540 g/mol. The molecule has 36 heavy (non-hydrogen) atoms. The minimum absolute atomic E-state index is 0.637. The van der Waals surface area contributed by atoms with Crippen LogP contribution in [0.2, 0.25) is 5.02 Å². The Bertz CT molecular complexity index is 1540. The summed E-state index contributed by atoms with van der Waals surface area (Å²) in [5, 5.41) is 4.62. The third-order valence-corrected chi connectivity index (χ3v) is 7.20. The van der Waals surface area contributed by atoms with Crippen molar-refractivity contribution in [2.24, 2.45) is 0 Å². The number of halogens is 2. The van der Waals surface area contributed by atoms with Crippen LogP contribution in [0.3, 0.4) is 0 Å². The number of ether oxygens (including phenoxy) is 4. The Morgan fingerprint density at radius 2 is 1.03 bits per heavy atom. The van der Waals surface area contributed by atoms with Crippen molar-refractivity contribution in [2.45, 2.75) is 0 Å². The zero-order chi connectivity index (χ0) is 25.4. The van der Waals surface area contributed by atoms with E-state index in [2.05, 4.69) is 28.1 Å². The second kappa shape index (κ2) is 9.92. The summed E-state index contributed by atoms with van der Waals surface area (Å²) in [7, 11) is 6.57. The first-order valence-corrected chi connectivity index (χ1v) is 12.5. The molecule has 0 aromatic heterocycles. The van der Waals surface area contributed by atoms with Gasteiger partial charge < -0.3 is 18.9 Å². The number of rotatable bonds is 6. The van der Waals surface area contributed by atoms with E-state index in [1.807, 2.05) is 60.7 Å². The second-order valence-electron chi connectivity index (χ2n) is 8.25. The van der Waals surface area contributed by atoms with Crippen LogP contribution in [0, 0.1) is 0 Å². The molecule has 5 rings (SSSR count). The summed E-state index contributed by atoms with van der Waals surface area (Å²) in [6.45, 7) is 0. The molecule has 0 saturated heterocycles. The largest absolute Gasteiger partial charge is 0.493 e. The SMILES string of the molecule is COc1cc2c(-c3cccc(Br)c3)c3cc(OC)c(OC)cc3c(-c3ccccc3Cl)c2cc1OC. The first-order chi connectivity index (χ1) is 17.5. The van der Waals surface area contributed by atoms with Crippen LogP contribution in [-0.4, -0.2) is 28.4 Å². The molecule has 0 fully saturated rings. The van der Waals surface area contributed by atoms with Crippen LogP contribution in [0.1, 0.15) is 0 Å². The van der Waals surface area contributed by atoms with Crippen LogP contribution >= 0.6 is 27.5 Å².